The Balaban J connectivity index is 1.73. The Morgan fingerprint density at radius 2 is 1.86 bits per heavy atom. The van der Waals surface area contributed by atoms with Gasteiger partial charge in [-0.3, -0.25) is 4.79 Å². The largest absolute Gasteiger partial charge is 0.393 e. The Bertz CT molecular complexity index is 393. The Morgan fingerprint density at radius 3 is 2.52 bits per heavy atom. The van der Waals surface area contributed by atoms with Crippen LogP contribution in [-0.4, -0.2) is 34.6 Å². The van der Waals surface area contributed by atoms with Gasteiger partial charge in [0.05, 0.1) is 6.10 Å². The summed E-state index contributed by atoms with van der Waals surface area (Å²) in [5.74, 6) is 0.926. The second-order valence-corrected chi connectivity index (χ2v) is 8.19. The standard InChI is InChI=1S/C18H31NO2/c1-18(2)11-4-3-8-14(18)17(21)19-12-6-9-15(19)13-7-5-10-16(13)20/h13-16,20H,3-12H2,1-2H3. The van der Waals surface area contributed by atoms with E-state index >= 15 is 0 Å². The molecule has 1 saturated heterocycles. The van der Waals surface area contributed by atoms with Crippen molar-refractivity contribution in [1.82, 2.24) is 4.90 Å². The van der Waals surface area contributed by atoms with Crippen molar-refractivity contribution in [3.63, 3.8) is 0 Å². The van der Waals surface area contributed by atoms with Crippen LogP contribution in [0, 0.1) is 17.3 Å². The molecule has 120 valence electrons. The topological polar surface area (TPSA) is 40.5 Å². The summed E-state index contributed by atoms with van der Waals surface area (Å²) in [6.45, 7) is 5.45. The van der Waals surface area contributed by atoms with Crippen molar-refractivity contribution in [2.45, 2.75) is 83.8 Å². The highest BCUT2D eigenvalue weighted by Crippen LogP contribution is 2.44. The smallest absolute Gasteiger partial charge is 0.226 e. The molecule has 1 aliphatic heterocycles. The van der Waals surface area contributed by atoms with E-state index in [4.69, 9.17) is 0 Å². The Hall–Kier alpha value is -0.570. The van der Waals surface area contributed by atoms with Gasteiger partial charge in [-0.15, -0.1) is 0 Å². The van der Waals surface area contributed by atoms with Crippen LogP contribution in [0.15, 0.2) is 0 Å². The number of hydrogen-bond donors (Lipinski definition) is 1. The van der Waals surface area contributed by atoms with Crippen molar-refractivity contribution in [2.24, 2.45) is 17.3 Å². The summed E-state index contributed by atoms with van der Waals surface area (Å²) in [7, 11) is 0. The molecule has 0 aromatic rings. The summed E-state index contributed by atoms with van der Waals surface area (Å²) in [5.41, 5.74) is 0.150. The molecule has 3 heteroatoms. The monoisotopic (exact) mass is 293 g/mol. The number of nitrogens with zero attached hydrogens (tertiary/aromatic N) is 1. The molecule has 3 fully saturated rings. The SMILES string of the molecule is CC1(C)CCCCC1C(=O)N1CCCC1C1CCCC1O. The Labute approximate surface area is 129 Å². The molecule has 1 heterocycles. The van der Waals surface area contributed by atoms with Gasteiger partial charge in [-0.2, -0.15) is 0 Å². The molecule has 2 saturated carbocycles. The highest BCUT2D eigenvalue weighted by atomic mass is 16.3. The van der Waals surface area contributed by atoms with E-state index in [9.17, 15) is 9.90 Å². The molecule has 3 aliphatic rings. The number of rotatable bonds is 2. The van der Waals surface area contributed by atoms with E-state index < -0.39 is 0 Å². The van der Waals surface area contributed by atoms with Crippen LogP contribution < -0.4 is 0 Å². The third-order valence-electron chi connectivity index (χ3n) is 6.41. The molecule has 1 amide bonds. The summed E-state index contributed by atoms with van der Waals surface area (Å²) < 4.78 is 0. The van der Waals surface area contributed by atoms with Gasteiger partial charge in [0.2, 0.25) is 5.91 Å². The summed E-state index contributed by atoms with van der Waals surface area (Å²) in [6.07, 6.45) is 9.89. The lowest BCUT2D eigenvalue weighted by Gasteiger charge is -2.42. The van der Waals surface area contributed by atoms with Gasteiger partial charge in [0.25, 0.3) is 0 Å². The molecule has 0 aromatic heterocycles. The summed E-state index contributed by atoms with van der Waals surface area (Å²) in [6, 6.07) is 0.313. The van der Waals surface area contributed by atoms with E-state index in [1.54, 1.807) is 0 Å². The van der Waals surface area contributed by atoms with E-state index in [0.29, 0.717) is 17.9 Å². The van der Waals surface area contributed by atoms with Crippen molar-refractivity contribution in [3.05, 3.63) is 0 Å². The van der Waals surface area contributed by atoms with Crippen LogP contribution in [0.25, 0.3) is 0 Å². The number of carbonyl (C=O) groups excluding carboxylic acids is 1. The lowest BCUT2D eigenvalue weighted by molar-refractivity contribution is -0.143. The molecular formula is C18H31NO2. The molecule has 0 aromatic carbocycles. The first-order valence-electron chi connectivity index (χ1n) is 8.99. The van der Waals surface area contributed by atoms with Crippen molar-refractivity contribution in [3.8, 4) is 0 Å². The van der Waals surface area contributed by atoms with Crippen LogP contribution >= 0.6 is 0 Å². The number of amides is 1. The molecule has 3 nitrogen and oxygen atoms in total. The molecule has 1 N–H and O–H groups in total. The quantitative estimate of drug-likeness (QED) is 0.848. The second-order valence-electron chi connectivity index (χ2n) is 8.19. The second kappa shape index (κ2) is 5.91. The van der Waals surface area contributed by atoms with Crippen LogP contribution in [0.3, 0.4) is 0 Å². The number of likely N-dealkylation sites (tertiary alicyclic amines) is 1. The summed E-state index contributed by atoms with van der Waals surface area (Å²) in [4.78, 5) is 15.3. The maximum atomic E-state index is 13.1. The summed E-state index contributed by atoms with van der Waals surface area (Å²) in [5, 5.41) is 10.2. The molecule has 0 bridgehead atoms. The van der Waals surface area contributed by atoms with Crippen LogP contribution in [0.2, 0.25) is 0 Å². The van der Waals surface area contributed by atoms with Gasteiger partial charge in [-0.05, 0) is 43.9 Å². The van der Waals surface area contributed by atoms with Gasteiger partial charge in [0.1, 0.15) is 0 Å². The van der Waals surface area contributed by atoms with Crippen molar-refractivity contribution in [1.29, 1.82) is 0 Å². The molecule has 21 heavy (non-hydrogen) atoms. The van der Waals surface area contributed by atoms with E-state index in [2.05, 4.69) is 18.7 Å². The zero-order valence-electron chi connectivity index (χ0n) is 13.7. The number of hydrogen-bond acceptors (Lipinski definition) is 2. The third-order valence-corrected chi connectivity index (χ3v) is 6.41. The van der Waals surface area contributed by atoms with E-state index in [1.807, 2.05) is 0 Å². The fourth-order valence-electron chi connectivity index (χ4n) is 5.08. The minimum atomic E-state index is -0.178. The molecule has 4 unspecified atom stereocenters. The maximum Gasteiger partial charge on any atom is 0.226 e. The van der Waals surface area contributed by atoms with E-state index in [1.165, 1.54) is 19.3 Å². The third kappa shape index (κ3) is 2.86. The molecule has 3 rings (SSSR count). The lowest BCUT2D eigenvalue weighted by atomic mass is 9.68. The van der Waals surface area contributed by atoms with Crippen molar-refractivity contribution >= 4 is 5.91 Å². The van der Waals surface area contributed by atoms with Gasteiger partial charge in [0.15, 0.2) is 0 Å². The van der Waals surface area contributed by atoms with Crippen molar-refractivity contribution < 1.29 is 9.90 Å². The van der Waals surface area contributed by atoms with Crippen LogP contribution in [-0.2, 0) is 4.79 Å². The predicted octanol–water partition coefficient (Wildman–Crippen LogP) is 3.35. The first-order valence-corrected chi connectivity index (χ1v) is 8.99. The lowest BCUT2D eigenvalue weighted by Crippen LogP contribution is -2.48. The Kier molecular flexibility index (Phi) is 4.31. The van der Waals surface area contributed by atoms with Gasteiger partial charge < -0.3 is 10.0 Å². The average molecular weight is 293 g/mol. The molecule has 2 aliphatic carbocycles. The van der Waals surface area contributed by atoms with Crippen LogP contribution in [0.5, 0.6) is 0 Å². The first-order chi connectivity index (χ1) is 10.0. The summed E-state index contributed by atoms with van der Waals surface area (Å²) >= 11 is 0. The minimum Gasteiger partial charge on any atom is -0.393 e. The van der Waals surface area contributed by atoms with Gasteiger partial charge in [-0.25, -0.2) is 0 Å². The fourth-order valence-corrected chi connectivity index (χ4v) is 5.08. The molecular weight excluding hydrogens is 262 g/mol. The molecule has 0 radical (unpaired) electrons. The van der Waals surface area contributed by atoms with Crippen LogP contribution in [0.4, 0.5) is 0 Å². The van der Waals surface area contributed by atoms with E-state index in [-0.39, 0.29) is 17.4 Å². The number of aliphatic hydroxyl groups excluding tert-OH is 1. The Morgan fingerprint density at radius 1 is 1.05 bits per heavy atom. The fraction of sp³-hybridized carbons (Fsp3) is 0.944. The zero-order valence-corrected chi connectivity index (χ0v) is 13.7. The van der Waals surface area contributed by atoms with Gasteiger partial charge in [-0.1, -0.05) is 33.1 Å². The normalized spacial score (nSPS) is 39.7. The van der Waals surface area contributed by atoms with Gasteiger partial charge >= 0.3 is 0 Å². The predicted molar refractivity (Wildman–Crippen MR) is 83.8 cm³/mol. The van der Waals surface area contributed by atoms with Crippen molar-refractivity contribution in [2.75, 3.05) is 6.54 Å². The maximum absolute atomic E-state index is 13.1. The molecule has 4 atom stereocenters. The van der Waals surface area contributed by atoms with E-state index in [0.717, 1.165) is 45.1 Å². The number of carbonyl (C=O) groups is 1. The highest BCUT2D eigenvalue weighted by molar-refractivity contribution is 5.80. The number of aliphatic hydroxyl groups is 1. The van der Waals surface area contributed by atoms with Gasteiger partial charge in [0, 0.05) is 24.4 Å². The van der Waals surface area contributed by atoms with Crippen LogP contribution in [0.1, 0.15) is 71.6 Å². The zero-order chi connectivity index (χ0) is 15.0. The average Bonchev–Trinajstić information content (AvgIpc) is 3.05. The minimum absolute atomic E-state index is 0.150. The highest BCUT2D eigenvalue weighted by Gasteiger charge is 2.45. The first kappa shape index (κ1) is 15.3. The molecule has 0 spiro atoms.